The first-order valence-corrected chi connectivity index (χ1v) is 9.11. The van der Waals surface area contributed by atoms with Crippen LogP contribution in [-0.4, -0.2) is 36.3 Å². The summed E-state index contributed by atoms with van der Waals surface area (Å²) in [5.74, 6) is -1.40. The maximum atomic E-state index is 12.2. The molecule has 2 aromatic carbocycles. The first-order chi connectivity index (χ1) is 13.4. The molecule has 0 atom stereocenters. The van der Waals surface area contributed by atoms with Crippen LogP contribution in [0.25, 0.3) is 0 Å². The second-order valence-electron chi connectivity index (χ2n) is 5.88. The molecule has 28 heavy (non-hydrogen) atoms. The van der Waals surface area contributed by atoms with Crippen LogP contribution in [0.3, 0.4) is 0 Å². The van der Waals surface area contributed by atoms with Crippen molar-refractivity contribution in [1.29, 1.82) is 5.26 Å². The van der Waals surface area contributed by atoms with Gasteiger partial charge in [-0.05, 0) is 35.9 Å². The Morgan fingerprint density at radius 3 is 2.46 bits per heavy atom. The van der Waals surface area contributed by atoms with Crippen molar-refractivity contribution in [3.63, 3.8) is 0 Å². The number of carbonyl (C=O) groups excluding carboxylic acids is 3. The van der Waals surface area contributed by atoms with Crippen LogP contribution in [-0.2, 0) is 20.9 Å². The molecule has 1 N–H and O–H groups in total. The zero-order valence-corrected chi connectivity index (χ0v) is 16.7. The number of esters is 1. The molecule has 8 heteroatoms. The van der Waals surface area contributed by atoms with E-state index < -0.39 is 11.9 Å². The van der Waals surface area contributed by atoms with Gasteiger partial charge in [-0.15, -0.1) is 0 Å². The molecule has 0 saturated carbocycles. The van der Waals surface area contributed by atoms with Crippen LogP contribution < -0.4 is 5.32 Å². The van der Waals surface area contributed by atoms with Crippen molar-refractivity contribution >= 4 is 39.4 Å². The Morgan fingerprint density at radius 2 is 1.82 bits per heavy atom. The Hall–Kier alpha value is -3.18. The number of nitriles is 1. The summed E-state index contributed by atoms with van der Waals surface area (Å²) >= 11 is 3.43. The third-order valence-electron chi connectivity index (χ3n) is 3.76. The Bertz CT molecular complexity index is 906. The molecule has 0 unspecified atom stereocenters. The minimum absolute atomic E-state index is 0.250. The van der Waals surface area contributed by atoms with Crippen LogP contribution in [0.1, 0.15) is 22.3 Å². The van der Waals surface area contributed by atoms with Crippen LogP contribution in [0.4, 0.5) is 5.69 Å². The molecule has 144 valence electrons. The lowest BCUT2D eigenvalue weighted by molar-refractivity contribution is -0.133. The topological polar surface area (TPSA) is 99.5 Å². The van der Waals surface area contributed by atoms with Gasteiger partial charge in [0.25, 0.3) is 5.91 Å². The molecule has 0 aromatic heterocycles. The fourth-order valence-corrected chi connectivity index (χ4v) is 2.67. The molecular formula is C20H18BrN3O4. The molecule has 2 rings (SSSR count). The molecule has 0 aliphatic carbocycles. The van der Waals surface area contributed by atoms with Crippen LogP contribution in [0.15, 0.2) is 53.0 Å². The average molecular weight is 444 g/mol. The van der Waals surface area contributed by atoms with E-state index in [0.29, 0.717) is 12.2 Å². The Kier molecular flexibility index (Phi) is 7.72. The summed E-state index contributed by atoms with van der Waals surface area (Å²) in [6, 6.07) is 15.3. The lowest BCUT2D eigenvalue weighted by Gasteiger charge is -2.18. The van der Waals surface area contributed by atoms with E-state index in [1.807, 2.05) is 24.3 Å². The normalized spacial score (nSPS) is 9.89. The predicted molar refractivity (Wildman–Crippen MR) is 106 cm³/mol. The zero-order valence-electron chi connectivity index (χ0n) is 15.1. The highest BCUT2D eigenvalue weighted by molar-refractivity contribution is 9.10. The standard InChI is InChI=1S/C20H18BrN3O4/c1-24(12-15-4-2-3-5-17(15)21)19(26)13-28-20(27)14-6-8-16(9-7-14)23-18(25)10-11-22/h2-9H,10,12-13H2,1H3,(H,23,25). The first-order valence-electron chi connectivity index (χ1n) is 8.32. The van der Waals surface area contributed by atoms with Gasteiger partial charge >= 0.3 is 5.97 Å². The van der Waals surface area contributed by atoms with E-state index >= 15 is 0 Å². The summed E-state index contributed by atoms with van der Waals surface area (Å²) in [5.41, 5.74) is 1.65. The first kappa shape index (κ1) is 21.1. The molecule has 0 saturated heterocycles. The molecule has 0 aliphatic rings. The minimum Gasteiger partial charge on any atom is -0.452 e. The summed E-state index contributed by atoms with van der Waals surface area (Å²) in [7, 11) is 1.63. The van der Waals surface area contributed by atoms with Gasteiger partial charge in [0.1, 0.15) is 6.42 Å². The van der Waals surface area contributed by atoms with E-state index in [1.54, 1.807) is 13.1 Å². The molecular weight excluding hydrogens is 426 g/mol. The molecule has 0 radical (unpaired) electrons. The smallest absolute Gasteiger partial charge is 0.338 e. The van der Waals surface area contributed by atoms with Crippen molar-refractivity contribution < 1.29 is 19.1 Å². The summed E-state index contributed by atoms with van der Waals surface area (Å²) in [5, 5.41) is 11.0. The van der Waals surface area contributed by atoms with Gasteiger partial charge in [0.05, 0.1) is 11.6 Å². The summed E-state index contributed by atoms with van der Waals surface area (Å²) in [6.45, 7) is 0.00927. The molecule has 0 bridgehead atoms. The summed E-state index contributed by atoms with van der Waals surface area (Å²) in [6.07, 6.45) is -0.251. The second-order valence-corrected chi connectivity index (χ2v) is 6.73. The number of nitrogens with one attached hydrogen (secondary N) is 1. The maximum absolute atomic E-state index is 12.2. The van der Waals surface area contributed by atoms with E-state index in [1.165, 1.54) is 29.2 Å². The number of ether oxygens (including phenoxy) is 1. The fraction of sp³-hybridized carbons (Fsp3) is 0.200. The van der Waals surface area contributed by atoms with E-state index in [9.17, 15) is 14.4 Å². The van der Waals surface area contributed by atoms with Crippen molar-refractivity contribution in [2.75, 3.05) is 19.0 Å². The fourth-order valence-electron chi connectivity index (χ4n) is 2.26. The third kappa shape index (κ3) is 6.21. The summed E-state index contributed by atoms with van der Waals surface area (Å²) in [4.78, 5) is 37.1. The highest BCUT2D eigenvalue weighted by Gasteiger charge is 2.15. The number of benzene rings is 2. The highest BCUT2D eigenvalue weighted by atomic mass is 79.9. The number of halogens is 1. The Morgan fingerprint density at radius 1 is 1.14 bits per heavy atom. The SMILES string of the molecule is CN(Cc1ccccc1Br)C(=O)COC(=O)c1ccc(NC(=O)CC#N)cc1. The van der Waals surface area contributed by atoms with Crippen molar-refractivity contribution in [1.82, 2.24) is 4.90 Å². The van der Waals surface area contributed by atoms with Crippen LogP contribution in [0.5, 0.6) is 0 Å². The summed E-state index contributed by atoms with van der Waals surface area (Å²) < 4.78 is 5.96. The van der Waals surface area contributed by atoms with Gasteiger partial charge in [-0.3, -0.25) is 9.59 Å². The number of rotatable bonds is 7. The minimum atomic E-state index is -0.641. The average Bonchev–Trinajstić information content (AvgIpc) is 2.68. The molecule has 2 amide bonds. The van der Waals surface area contributed by atoms with Crippen LogP contribution >= 0.6 is 15.9 Å². The van der Waals surface area contributed by atoms with E-state index in [4.69, 9.17) is 10.00 Å². The molecule has 0 heterocycles. The molecule has 0 spiro atoms. The van der Waals surface area contributed by atoms with E-state index in [-0.39, 0.29) is 24.5 Å². The van der Waals surface area contributed by atoms with Gasteiger partial charge in [0, 0.05) is 23.8 Å². The van der Waals surface area contributed by atoms with Crippen LogP contribution in [0.2, 0.25) is 0 Å². The van der Waals surface area contributed by atoms with Crippen molar-refractivity contribution in [2.45, 2.75) is 13.0 Å². The third-order valence-corrected chi connectivity index (χ3v) is 4.54. The molecule has 2 aromatic rings. The molecule has 7 nitrogen and oxygen atoms in total. The molecule has 0 fully saturated rings. The number of likely N-dealkylation sites (N-methyl/N-ethyl adjacent to an activating group) is 1. The number of nitrogens with zero attached hydrogens (tertiary/aromatic N) is 2. The van der Waals surface area contributed by atoms with Gasteiger partial charge in [-0.1, -0.05) is 34.1 Å². The largest absolute Gasteiger partial charge is 0.452 e. The number of hydrogen-bond acceptors (Lipinski definition) is 5. The van der Waals surface area contributed by atoms with Crippen molar-refractivity contribution in [3.8, 4) is 6.07 Å². The second kappa shape index (κ2) is 10.2. The van der Waals surface area contributed by atoms with E-state index in [0.717, 1.165) is 10.0 Å². The van der Waals surface area contributed by atoms with Gasteiger partial charge in [-0.2, -0.15) is 5.26 Å². The number of amides is 2. The molecule has 0 aliphatic heterocycles. The van der Waals surface area contributed by atoms with Gasteiger partial charge in [0.2, 0.25) is 5.91 Å². The Labute approximate surface area is 171 Å². The van der Waals surface area contributed by atoms with Gasteiger partial charge in [0.15, 0.2) is 6.61 Å². The zero-order chi connectivity index (χ0) is 20.5. The van der Waals surface area contributed by atoms with Gasteiger partial charge in [-0.25, -0.2) is 4.79 Å². The Balaban J connectivity index is 1.85. The van der Waals surface area contributed by atoms with Gasteiger partial charge < -0.3 is 15.0 Å². The lowest BCUT2D eigenvalue weighted by Crippen LogP contribution is -2.31. The number of anilines is 1. The number of hydrogen-bond donors (Lipinski definition) is 1. The highest BCUT2D eigenvalue weighted by Crippen LogP contribution is 2.17. The van der Waals surface area contributed by atoms with Crippen molar-refractivity contribution in [3.05, 3.63) is 64.1 Å². The lowest BCUT2D eigenvalue weighted by atomic mass is 10.2. The van der Waals surface area contributed by atoms with Crippen LogP contribution in [0, 0.1) is 11.3 Å². The maximum Gasteiger partial charge on any atom is 0.338 e. The number of carbonyl (C=O) groups is 3. The van der Waals surface area contributed by atoms with E-state index in [2.05, 4.69) is 21.2 Å². The van der Waals surface area contributed by atoms with Crippen molar-refractivity contribution in [2.24, 2.45) is 0 Å². The monoisotopic (exact) mass is 443 g/mol. The predicted octanol–water partition coefficient (Wildman–Crippen LogP) is 3.12. The quantitative estimate of drug-likeness (QED) is 0.662.